The van der Waals surface area contributed by atoms with Crippen molar-refractivity contribution < 1.29 is 14.9 Å². The van der Waals surface area contributed by atoms with Crippen molar-refractivity contribution in [2.45, 2.75) is 58.2 Å². The van der Waals surface area contributed by atoms with Gasteiger partial charge in [-0.3, -0.25) is 0 Å². The second-order valence-electron chi connectivity index (χ2n) is 8.84. The molecule has 3 fully saturated rings. The first kappa shape index (κ1) is 15.7. The lowest BCUT2D eigenvalue weighted by molar-refractivity contribution is -0.147. The number of methoxy groups -OCH3 is 1. The number of allylic oxidation sites excluding steroid dienone is 3. The minimum atomic E-state index is -0.151. The van der Waals surface area contributed by atoms with Crippen LogP contribution in [0.1, 0.15) is 46.0 Å². The molecule has 23 heavy (non-hydrogen) atoms. The molecule has 0 aromatic heterocycles. The molecule has 0 saturated heterocycles. The Morgan fingerprint density at radius 3 is 2.70 bits per heavy atom. The molecule has 0 aromatic rings. The first-order valence-corrected chi connectivity index (χ1v) is 9.21. The molecule has 4 aliphatic carbocycles. The number of fused-ring (bicyclic) bond motifs is 5. The van der Waals surface area contributed by atoms with E-state index in [9.17, 15) is 10.2 Å². The lowest BCUT2D eigenvalue weighted by Gasteiger charge is -2.60. The van der Waals surface area contributed by atoms with Gasteiger partial charge >= 0.3 is 0 Å². The molecule has 8 atom stereocenters. The Balaban J connectivity index is 1.74. The molecule has 0 heterocycles. The highest BCUT2D eigenvalue weighted by atomic mass is 16.5. The summed E-state index contributed by atoms with van der Waals surface area (Å²) in [4.78, 5) is 0. The second-order valence-corrected chi connectivity index (χ2v) is 8.84. The highest BCUT2D eigenvalue weighted by Crippen LogP contribution is 2.65. The zero-order valence-electron chi connectivity index (χ0n) is 14.5. The normalized spacial score (nSPS) is 54.9. The highest BCUT2D eigenvalue weighted by molar-refractivity contribution is 5.28. The number of aliphatic hydroxyl groups is 2. The lowest BCUT2D eigenvalue weighted by atomic mass is 9.46. The third-order valence-electron chi connectivity index (χ3n) is 8.08. The molecule has 1 unspecified atom stereocenters. The van der Waals surface area contributed by atoms with Crippen molar-refractivity contribution in [3.8, 4) is 0 Å². The van der Waals surface area contributed by atoms with E-state index < -0.39 is 0 Å². The van der Waals surface area contributed by atoms with Crippen LogP contribution in [0.3, 0.4) is 0 Å². The van der Waals surface area contributed by atoms with Crippen molar-refractivity contribution in [2.24, 2.45) is 34.5 Å². The van der Waals surface area contributed by atoms with Crippen LogP contribution in [0.5, 0.6) is 0 Å². The summed E-state index contributed by atoms with van der Waals surface area (Å²) in [5.74, 6) is 2.42. The van der Waals surface area contributed by atoms with Gasteiger partial charge in [-0.15, -0.1) is 0 Å². The van der Waals surface area contributed by atoms with Gasteiger partial charge in [-0.2, -0.15) is 0 Å². The van der Waals surface area contributed by atoms with Gasteiger partial charge in [0.2, 0.25) is 0 Å². The second kappa shape index (κ2) is 5.10. The molecule has 2 N–H and O–H groups in total. The van der Waals surface area contributed by atoms with E-state index in [1.165, 1.54) is 0 Å². The molecular formula is C20H30O3. The van der Waals surface area contributed by atoms with Crippen LogP contribution < -0.4 is 0 Å². The van der Waals surface area contributed by atoms with Gasteiger partial charge in [0.1, 0.15) is 5.76 Å². The Hall–Kier alpha value is -0.800. The lowest BCUT2D eigenvalue weighted by Crippen LogP contribution is -2.57. The Bertz CT molecular complexity index is 553. The Morgan fingerprint density at radius 1 is 1.17 bits per heavy atom. The van der Waals surface area contributed by atoms with Crippen LogP contribution in [0.2, 0.25) is 0 Å². The van der Waals surface area contributed by atoms with Gasteiger partial charge in [0.15, 0.2) is 0 Å². The first-order valence-electron chi connectivity index (χ1n) is 9.21. The summed E-state index contributed by atoms with van der Waals surface area (Å²) in [6.45, 7) is 4.67. The summed E-state index contributed by atoms with van der Waals surface area (Å²) in [5, 5.41) is 20.5. The molecule has 0 spiro atoms. The fourth-order valence-corrected chi connectivity index (χ4v) is 6.62. The SMILES string of the molecule is CO[C@H]1CC2C=C(O)C=C[C@]2(C)[C@H]2CC[C@]3(C)[C@@H](O)CC[C@H]3[C@H]12. The Labute approximate surface area is 139 Å². The molecule has 0 amide bonds. The molecule has 128 valence electrons. The summed E-state index contributed by atoms with van der Waals surface area (Å²) in [6.07, 6.45) is 11.6. The predicted octanol–water partition coefficient (Wildman–Crippen LogP) is 3.84. The Kier molecular flexibility index (Phi) is 3.48. The highest BCUT2D eigenvalue weighted by Gasteiger charge is 2.61. The van der Waals surface area contributed by atoms with Gasteiger partial charge in [-0.25, -0.2) is 0 Å². The smallest absolute Gasteiger partial charge is 0.111 e. The Morgan fingerprint density at radius 2 is 1.96 bits per heavy atom. The molecule has 0 aromatic carbocycles. The van der Waals surface area contributed by atoms with E-state index in [0.717, 1.165) is 32.1 Å². The minimum Gasteiger partial charge on any atom is -0.508 e. The average molecular weight is 318 g/mol. The molecule has 0 aliphatic heterocycles. The first-order chi connectivity index (χ1) is 10.9. The van der Waals surface area contributed by atoms with E-state index in [4.69, 9.17) is 4.74 Å². The molecule has 3 saturated carbocycles. The number of aliphatic hydroxyl groups excluding tert-OH is 2. The summed E-state index contributed by atoms with van der Waals surface area (Å²) in [5.41, 5.74) is 0.179. The molecule has 3 heteroatoms. The standard InChI is InChI=1S/C20H30O3/c1-19-8-6-13(21)10-12(19)11-16(23-3)18-14-4-5-17(22)20(14,2)9-7-15(18)19/h6,8,10,12,14-18,21-22H,4-5,7,9,11H2,1-3H3/t12?,14-,15-,16-,17-,18-,19-,20-/m0/s1. The van der Waals surface area contributed by atoms with E-state index in [1.54, 1.807) is 0 Å². The fourth-order valence-electron chi connectivity index (χ4n) is 6.62. The molecule has 4 aliphatic rings. The summed E-state index contributed by atoms with van der Waals surface area (Å²) in [7, 11) is 1.84. The van der Waals surface area contributed by atoms with Gasteiger partial charge in [0.25, 0.3) is 0 Å². The number of hydrogen-bond donors (Lipinski definition) is 2. The van der Waals surface area contributed by atoms with E-state index in [2.05, 4.69) is 19.9 Å². The van der Waals surface area contributed by atoms with Crippen molar-refractivity contribution in [1.82, 2.24) is 0 Å². The third kappa shape index (κ3) is 2.02. The van der Waals surface area contributed by atoms with Crippen LogP contribution in [0.15, 0.2) is 24.0 Å². The van der Waals surface area contributed by atoms with Crippen molar-refractivity contribution in [3.63, 3.8) is 0 Å². The maximum atomic E-state index is 10.6. The van der Waals surface area contributed by atoms with Crippen molar-refractivity contribution in [2.75, 3.05) is 7.11 Å². The van der Waals surface area contributed by atoms with Crippen molar-refractivity contribution in [3.05, 3.63) is 24.0 Å². The monoisotopic (exact) mass is 318 g/mol. The van der Waals surface area contributed by atoms with Crippen molar-refractivity contribution in [1.29, 1.82) is 0 Å². The maximum absolute atomic E-state index is 10.6. The maximum Gasteiger partial charge on any atom is 0.111 e. The van der Waals surface area contributed by atoms with Crippen LogP contribution in [-0.4, -0.2) is 29.5 Å². The number of rotatable bonds is 1. The summed E-state index contributed by atoms with van der Waals surface area (Å²) in [6, 6.07) is 0. The zero-order chi connectivity index (χ0) is 16.4. The molecule has 0 bridgehead atoms. The van der Waals surface area contributed by atoms with Crippen LogP contribution in [-0.2, 0) is 4.74 Å². The van der Waals surface area contributed by atoms with E-state index >= 15 is 0 Å². The van der Waals surface area contributed by atoms with Crippen LogP contribution in [0.25, 0.3) is 0 Å². The average Bonchev–Trinajstić information content (AvgIpc) is 2.83. The minimum absolute atomic E-state index is 0.0670. The van der Waals surface area contributed by atoms with Crippen LogP contribution in [0.4, 0.5) is 0 Å². The van der Waals surface area contributed by atoms with E-state index in [0.29, 0.717) is 29.4 Å². The van der Waals surface area contributed by atoms with E-state index in [-0.39, 0.29) is 23.0 Å². The quantitative estimate of drug-likeness (QED) is 0.772. The van der Waals surface area contributed by atoms with Gasteiger partial charge < -0.3 is 14.9 Å². The van der Waals surface area contributed by atoms with Crippen LogP contribution >= 0.6 is 0 Å². The van der Waals surface area contributed by atoms with Gasteiger partial charge in [0, 0.05) is 7.11 Å². The molecule has 0 radical (unpaired) electrons. The number of hydrogen-bond acceptors (Lipinski definition) is 3. The van der Waals surface area contributed by atoms with Crippen LogP contribution in [0, 0.1) is 34.5 Å². The van der Waals surface area contributed by atoms with Crippen molar-refractivity contribution >= 4 is 0 Å². The molecule has 3 nitrogen and oxygen atoms in total. The third-order valence-corrected chi connectivity index (χ3v) is 8.08. The van der Waals surface area contributed by atoms with Gasteiger partial charge in [-0.1, -0.05) is 19.9 Å². The number of ether oxygens (including phenoxy) is 1. The van der Waals surface area contributed by atoms with E-state index in [1.807, 2.05) is 19.3 Å². The molecular weight excluding hydrogens is 288 g/mol. The van der Waals surface area contributed by atoms with Gasteiger partial charge in [-0.05, 0) is 78.8 Å². The summed E-state index contributed by atoms with van der Waals surface area (Å²) >= 11 is 0. The summed E-state index contributed by atoms with van der Waals surface area (Å²) < 4.78 is 5.96. The predicted molar refractivity (Wildman–Crippen MR) is 89.9 cm³/mol. The molecule has 4 rings (SSSR count). The largest absolute Gasteiger partial charge is 0.508 e. The topological polar surface area (TPSA) is 49.7 Å². The van der Waals surface area contributed by atoms with Gasteiger partial charge in [0.05, 0.1) is 12.2 Å². The zero-order valence-corrected chi connectivity index (χ0v) is 14.5. The fraction of sp³-hybridized carbons (Fsp3) is 0.800.